The van der Waals surface area contributed by atoms with E-state index in [1.807, 2.05) is 0 Å². The lowest BCUT2D eigenvalue weighted by Gasteiger charge is -2.31. The van der Waals surface area contributed by atoms with Gasteiger partial charge in [-0.2, -0.15) is 0 Å². The third kappa shape index (κ3) is 2.29. The molecular weight excluding hydrogens is 254 g/mol. The molecule has 1 aromatic carbocycles. The van der Waals surface area contributed by atoms with Crippen LogP contribution in [0.15, 0.2) is 34.9 Å². The molecule has 1 aliphatic rings. The lowest BCUT2D eigenvalue weighted by molar-refractivity contribution is 0.0694. The Bertz CT molecular complexity index is 645. The van der Waals surface area contributed by atoms with Crippen LogP contribution in [0.25, 0.3) is 0 Å². The van der Waals surface area contributed by atoms with Gasteiger partial charge in [-0.05, 0) is 37.5 Å². The maximum atomic E-state index is 11.1. The van der Waals surface area contributed by atoms with Gasteiger partial charge in [-0.25, -0.2) is 4.79 Å². The summed E-state index contributed by atoms with van der Waals surface area (Å²) < 4.78 is 5.34. The van der Waals surface area contributed by atoms with Crippen molar-refractivity contribution < 1.29 is 14.3 Å². The Kier molecular flexibility index (Phi) is 3.22. The second-order valence-electron chi connectivity index (χ2n) is 5.22. The van der Waals surface area contributed by atoms with Gasteiger partial charge in [0.2, 0.25) is 0 Å². The molecular formula is C16H17NO3. The van der Waals surface area contributed by atoms with Crippen LogP contribution in [-0.2, 0) is 13.0 Å². The van der Waals surface area contributed by atoms with Crippen LogP contribution in [0.4, 0.5) is 5.69 Å². The molecule has 0 fully saturated rings. The maximum Gasteiger partial charge on any atom is 0.339 e. The predicted molar refractivity (Wildman–Crippen MR) is 76.2 cm³/mol. The van der Waals surface area contributed by atoms with Crippen molar-refractivity contribution in [2.45, 2.75) is 26.3 Å². The van der Waals surface area contributed by atoms with Gasteiger partial charge < -0.3 is 14.4 Å². The normalized spacial score (nSPS) is 14.2. The smallest absolute Gasteiger partial charge is 0.339 e. The molecule has 0 saturated heterocycles. The molecule has 0 bridgehead atoms. The van der Waals surface area contributed by atoms with E-state index in [1.165, 1.54) is 29.1 Å². The summed E-state index contributed by atoms with van der Waals surface area (Å²) in [6.45, 7) is 3.52. The van der Waals surface area contributed by atoms with Gasteiger partial charge in [0.05, 0.1) is 12.8 Å². The van der Waals surface area contributed by atoms with E-state index in [0.717, 1.165) is 19.4 Å². The van der Waals surface area contributed by atoms with Crippen molar-refractivity contribution in [3.8, 4) is 0 Å². The van der Waals surface area contributed by atoms with Gasteiger partial charge in [0.25, 0.3) is 0 Å². The van der Waals surface area contributed by atoms with Gasteiger partial charge in [0, 0.05) is 12.2 Å². The highest BCUT2D eigenvalue weighted by atomic mass is 16.4. The lowest BCUT2D eigenvalue weighted by Crippen LogP contribution is -2.29. The number of carboxylic acids is 1. The second kappa shape index (κ2) is 5.04. The summed E-state index contributed by atoms with van der Waals surface area (Å²) in [6, 6.07) is 7.93. The van der Waals surface area contributed by atoms with Crippen molar-refractivity contribution in [2.75, 3.05) is 11.4 Å². The van der Waals surface area contributed by atoms with Gasteiger partial charge in [-0.1, -0.05) is 17.7 Å². The summed E-state index contributed by atoms with van der Waals surface area (Å²) >= 11 is 0. The standard InChI is InChI=1S/C16H17NO3/c1-11-4-5-14-12(9-11)3-2-7-17(14)10-15-13(16(18)19)6-8-20-15/h4-6,8-9H,2-3,7,10H2,1H3,(H,18,19). The van der Waals surface area contributed by atoms with E-state index in [0.29, 0.717) is 12.3 Å². The van der Waals surface area contributed by atoms with E-state index >= 15 is 0 Å². The number of aryl methyl sites for hydroxylation is 2. The molecule has 1 aromatic heterocycles. The highest BCUT2D eigenvalue weighted by Crippen LogP contribution is 2.29. The first-order chi connectivity index (χ1) is 9.65. The second-order valence-corrected chi connectivity index (χ2v) is 5.22. The molecule has 0 atom stereocenters. The summed E-state index contributed by atoms with van der Waals surface area (Å²) in [5, 5.41) is 9.14. The fraction of sp³-hybridized carbons (Fsp3) is 0.312. The van der Waals surface area contributed by atoms with E-state index in [4.69, 9.17) is 9.52 Å². The van der Waals surface area contributed by atoms with Crippen LogP contribution in [-0.4, -0.2) is 17.6 Å². The molecule has 1 aliphatic heterocycles. The first kappa shape index (κ1) is 12.8. The zero-order chi connectivity index (χ0) is 14.1. The number of carboxylic acid groups (broad SMARTS) is 1. The maximum absolute atomic E-state index is 11.1. The van der Waals surface area contributed by atoms with Crippen molar-refractivity contribution in [1.82, 2.24) is 0 Å². The number of hydrogen-bond donors (Lipinski definition) is 1. The number of aromatic carboxylic acids is 1. The average Bonchev–Trinajstić information content (AvgIpc) is 2.87. The van der Waals surface area contributed by atoms with Crippen LogP contribution in [0, 0.1) is 6.92 Å². The molecule has 0 amide bonds. The van der Waals surface area contributed by atoms with Crippen LogP contribution in [0.5, 0.6) is 0 Å². The number of furan rings is 1. The fourth-order valence-corrected chi connectivity index (χ4v) is 2.80. The largest absolute Gasteiger partial charge is 0.478 e. The Morgan fingerprint density at radius 2 is 2.25 bits per heavy atom. The molecule has 0 aliphatic carbocycles. The Morgan fingerprint density at radius 1 is 1.40 bits per heavy atom. The van der Waals surface area contributed by atoms with E-state index < -0.39 is 5.97 Å². The Morgan fingerprint density at radius 3 is 3.05 bits per heavy atom. The molecule has 0 saturated carbocycles. The molecule has 1 N–H and O–H groups in total. The number of hydrogen-bond acceptors (Lipinski definition) is 3. The molecule has 104 valence electrons. The van der Waals surface area contributed by atoms with Crippen molar-refractivity contribution >= 4 is 11.7 Å². The van der Waals surface area contributed by atoms with Crippen LogP contribution in [0.3, 0.4) is 0 Å². The Hall–Kier alpha value is -2.23. The lowest BCUT2D eigenvalue weighted by atomic mass is 9.99. The molecule has 3 rings (SSSR count). The monoisotopic (exact) mass is 271 g/mol. The highest BCUT2D eigenvalue weighted by molar-refractivity contribution is 5.88. The SMILES string of the molecule is Cc1ccc2c(c1)CCCN2Cc1occc1C(=O)O. The van der Waals surface area contributed by atoms with Crippen molar-refractivity contribution in [2.24, 2.45) is 0 Å². The van der Waals surface area contributed by atoms with Crippen molar-refractivity contribution in [3.05, 3.63) is 53.0 Å². The molecule has 0 spiro atoms. The first-order valence-electron chi connectivity index (χ1n) is 6.79. The van der Waals surface area contributed by atoms with Gasteiger partial charge >= 0.3 is 5.97 Å². The Balaban J connectivity index is 1.90. The minimum Gasteiger partial charge on any atom is -0.478 e. The minimum absolute atomic E-state index is 0.254. The summed E-state index contributed by atoms with van der Waals surface area (Å²) in [4.78, 5) is 13.3. The molecule has 2 heterocycles. The van der Waals surface area contributed by atoms with E-state index in [9.17, 15) is 4.79 Å². The Labute approximate surface area is 117 Å². The summed E-state index contributed by atoms with van der Waals surface area (Å²) in [6.07, 6.45) is 3.61. The van der Waals surface area contributed by atoms with Crippen LogP contribution >= 0.6 is 0 Å². The van der Waals surface area contributed by atoms with Gasteiger partial charge in [-0.15, -0.1) is 0 Å². The molecule has 2 aromatic rings. The molecule has 0 radical (unpaired) electrons. The summed E-state index contributed by atoms with van der Waals surface area (Å²) in [5.74, 6) is -0.416. The zero-order valence-corrected chi connectivity index (χ0v) is 11.4. The van der Waals surface area contributed by atoms with Gasteiger partial charge in [0.1, 0.15) is 11.3 Å². The molecule has 4 nitrogen and oxygen atoms in total. The van der Waals surface area contributed by atoms with Crippen LogP contribution < -0.4 is 4.90 Å². The number of nitrogens with zero attached hydrogens (tertiary/aromatic N) is 1. The fourth-order valence-electron chi connectivity index (χ4n) is 2.80. The molecule has 4 heteroatoms. The van der Waals surface area contributed by atoms with E-state index in [1.54, 1.807) is 0 Å². The third-order valence-corrected chi connectivity index (χ3v) is 3.76. The predicted octanol–water partition coefficient (Wildman–Crippen LogP) is 3.24. The van der Waals surface area contributed by atoms with Crippen LogP contribution in [0.1, 0.15) is 33.7 Å². The van der Waals surface area contributed by atoms with Crippen LogP contribution in [0.2, 0.25) is 0 Å². The first-order valence-corrected chi connectivity index (χ1v) is 6.79. The average molecular weight is 271 g/mol. The van der Waals surface area contributed by atoms with Gasteiger partial charge in [0.15, 0.2) is 0 Å². The summed E-state index contributed by atoms with van der Waals surface area (Å²) in [7, 11) is 0. The molecule has 20 heavy (non-hydrogen) atoms. The number of benzene rings is 1. The third-order valence-electron chi connectivity index (χ3n) is 3.76. The molecule has 0 unspecified atom stereocenters. The van der Waals surface area contributed by atoms with Gasteiger partial charge in [-0.3, -0.25) is 0 Å². The van der Waals surface area contributed by atoms with E-state index in [-0.39, 0.29) is 5.56 Å². The summed E-state index contributed by atoms with van der Waals surface area (Å²) in [5.41, 5.74) is 4.04. The number of fused-ring (bicyclic) bond motifs is 1. The van der Waals surface area contributed by atoms with Crippen molar-refractivity contribution in [1.29, 1.82) is 0 Å². The van der Waals surface area contributed by atoms with E-state index in [2.05, 4.69) is 30.0 Å². The minimum atomic E-state index is -0.935. The highest BCUT2D eigenvalue weighted by Gasteiger charge is 2.21. The topological polar surface area (TPSA) is 53.7 Å². The quantitative estimate of drug-likeness (QED) is 0.931. The van der Waals surface area contributed by atoms with Crippen molar-refractivity contribution in [3.63, 3.8) is 0 Å². The zero-order valence-electron chi connectivity index (χ0n) is 11.4. The number of anilines is 1. The number of carbonyl (C=O) groups is 1. The number of rotatable bonds is 3.